The van der Waals surface area contributed by atoms with Crippen molar-refractivity contribution in [3.63, 3.8) is 0 Å². The number of nitrogens with zero attached hydrogens (tertiary/aromatic N) is 3. The summed E-state index contributed by atoms with van der Waals surface area (Å²) in [4.78, 5) is 8.30. The van der Waals surface area contributed by atoms with Gasteiger partial charge in [-0.3, -0.25) is 0 Å². The van der Waals surface area contributed by atoms with E-state index in [1.807, 2.05) is 29.8 Å². The van der Waals surface area contributed by atoms with Crippen molar-refractivity contribution in [3.8, 4) is 17.3 Å². The van der Waals surface area contributed by atoms with Crippen molar-refractivity contribution in [2.24, 2.45) is 0 Å². The smallest absolute Gasteiger partial charge is 0.174 e. The molecule has 0 radical (unpaired) electrons. The van der Waals surface area contributed by atoms with Crippen molar-refractivity contribution in [2.75, 3.05) is 7.11 Å². The van der Waals surface area contributed by atoms with Gasteiger partial charge in [0.1, 0.15) is 5.75 Å². The van der Waals surface area contributed by atoms with Crippen LogP contribution < -0.4 is 4.74 Å². The van der Waals surface area contributed by atoms with Gasteiger partial charge in [-0.15, -0.1) is 0 Å². The topological polar surface area (TPSA) is 76.0 Å². The van der Waals surface area contributed by atoms with Gasteiger partial charge in [0.15, 0.2) is 11.6 Å². The Bertz CT molecular complexity index is 892. The first-order valence-electron chi connectivity index (χ1n) is 9.48. The number of ether oxygens (including phenoxy) is 1. The molecule has 1 saturated carbocycles. The summed E-state index contributed by atoms with van der Waals surface area (Å²) in [5.74, 6) is 2.99. The predicted octanol–water partition coefficient (Wildman–Crippen LogP) is 3.86. The fourth-order valence-corrected chi connectivity index (χ4v) is 3.73. The molecule has 3 aromatic rings. The standard InChI is InChI=1S/C20H26N4O2/c1-3-15(25)12-24-20(22-19(23-24)13-6-4-5-7-13)18-11-14-10-16(26-2)8-9-17(14)21-18/h8-11,13,15,21,25H,3-7,12H2,1-2H3. The Labute approximate surface area is 153 Å². The fraction of sp³-hybridized carbons (Fsp3) is 0.500. The lowest BCUT2D eigenvalue weighted by Crippen LogP contribution is -2.17. The van der Waals surface area contributed by atoms with Crippen molar-refractivity contribution < 1.29 is 9.84 Å². The van der Waals surface area contributed by atoms with E-state index in [9.17, 15) is 5.11 Å². The fourth-order valence-electron chi connectivity index (χ4n) is 3.73. The van der Waals surface area contributed by atoms with E-state index in [-0.39, 0.29) is 0 Å². The largest absolute Gasteiger partial charge is 0.497 e. The third-order valence-corrected chi connectivity index (χ3v) is 5.33. The molecule has 6 heteroatoms. The Morgan fingerprint density at radius 2 is 2.12 bits per heavy atom. The minimum atomic E-state index is -0.420. The number of aromatic amines is 1. The number of nitrogens with one attached hydrogen (secondary N) is 1. The normalized spacial score (nSPS) is 16.4. The summed E-state index contributed by atoms with van der Waals surface area (Å²) < 4.78 is 7.18. The molecule has 1 aliphatic rings. The Balaban J connectivity index is 1.75. The molecule has 1 aromatic carbocycles. The molecule has 138 valence electrons. The molecule has 1 unspecified atom stereocenters. The number of benzene rings is 1. The second-order valence-corrected chi connectivity index (χ2v) is 7.16. The Kier molecular flexibility index (Phi) is 4.68. The Hall–Kier alpha value is -2.34. The lowest BCUT2D eigenvalue weighted by atomic mass is 10.1. The van der Waals surface area contributed by atoms with Crippen LogP contribution in [0.2, 0.25) is 0 Å². The van der Waals surface area contributed by atoms with Gasteiger partial charge < -0.3 is 14.8 Å². The van der Waals surface area contributed by atoms with Gasteiger partial charge in [-0.2, -0.15) is 5.10 Å². The third kappa shape index (κ3) is 3.21. The van der Waals surface area contributed by atoms with Crippen LogP contribution in [-0.4, -0.2) is 38.1 Å². The molecule has 1 fully saturated rings. The van der Waals surface area contributed by atoms with Crippen LogP contribution in [0.25, 0.3) is 22.4 Å². The zero-order chi connectivity index (χ0) is 18.1. The van der Waals surface area contributed by atoms with Crippen LogP contribution in [0.1, 0.15) is 50.8 Å². The minimum Gasteiger partial charge on any atom is -0.497 e. The van der Waals surface area contributed by atoms with Crippen LogP contribution in [-0.2, 0) is 6.54 Å². The molecular weight excluding hydrogens is 328 g/mol. The van der Waals surface area contributed by atoms with Crippen LogP contribution in [0.3, 0.4) is 0 Å². The van der Waals surface area contributed by atoms with Crippen LogP contribution in [0.15, 0.2) is 24.3 Å². The zero-order valence-electron chi connectivity index (χ0n) is 15.4. The monoisotopic (exact) mass is 354 g/mol. The van der Waals surface area contributed by atoms with Crippen LogP contribution in [0, 0.1) is 0 Å². The van der Waals surface area contributed by atoms with E-state index in [4.69, 9.17) is 14.8 Å². The van der Waals surface area contributed by atoms with Crippen LogP contribution >= 0.6 is 0 Å². The number of H-pyrrole nitrogens is 1. The molecule has 0 amide bonds. The maximum Gasteiger partial charge on any atom is 0.174 e. The molecule has 0 aliphatic heterocycles. The van der Waals surface area contributed by atoms with Crippen LogP contribution in [0.4, 0.5) is 0 Å². The van der Waals surface area contributed by atoms with Gasteiger partial charge in [-0.1, -0.05) is 19.8 Å². The molecule has 2 heterocycles. The van der Waals surface area contributed by atoms with E-state index in [0.29, 0.717) is 18.9 Å². The average molecular weight is 354 g/mol. The van der Waals surface area contributed by atoms with Gasteiger partial charge in [0.25, 0.3) is 0 Å². The molecule has 0 bridgehead atoms. The first-order chi connectivity index (χ1) is 12.7. The van der Waals surface area contributed by atoms with E-state index in [1.54, 1.807) is 7.11 Å². The number of hydrogen-bond donors (Lipinski definition) is 2. The number of methoxy groups -OCH3 is 1. The van der Waals surface area contributed by atoms with Gasteiger partial charge in [0.2, 0.25) is 0 Å². The summed E-state index contributed by atoms with van der Waals surface area (Å²) in [5.41, 5.74) is 1.96. The maximum atomic E-state index is 10.2. The predicted molar refractivity (Wildman–Crippen MR) is 101 cm³/mol. The Morgan fingerprint density at radius 1 is 1.31 bits per heavy atom. The molecule has 2 aromatic heterocycles. The second kappa shape index (κ2) is 7.11. The average Bonchev–Trinajstić information content (AvgIpc) is 3.39. The summed E-state index contributed by atoms with van der Waals surface area (Å²) >= 11 is 0. The molecule has 26 heavy (non-hydrogen) atoms. The first kappa shape index (κ1) is 17.1. The number of hydrogen-bond acceptors (Lipinski definition) is 4. The zero-order valence-corrected chi connectivity index (χ0v) is 15.4. The SMILES string of the molecule is CCC(O)Cn1nc(C2CCCC2)nc1-c1cc2cc(OC)ccc2[nH]1. The number of rotatable bonds is 6. The van der Waals surface area contributed by atoms with E-state index in [1.165, 1.54) is 12.8 Å². The molecule has 6 nitrogen and oxygen atoms in total. The molecule has 1 aliphatic carbocycles. The summed E-state index contributed by atoms with van der Waals surface area (Å²) in [5, 5.41) is 16.0. The highest BCUT2D eigenvalue weighted by Gasteiger charge is 2.24. The van der Waals surface area contributed by atoms with Crippen molar-refractivity contribution in [2.45, 2.75) is 57.6 Å². The van der Waals surface area contributed by atoms with Gasteiger partial charge in [-0.25, -0.2) is 9.67 Å². The van der Waals surface area contributed by atoms with Crippen LogP contribution in [0.5, 0.6) is 5.75 Å². The number of aliphatic hydroxyl groups excluding tert-OH is 1. The van der Waals surface area contributed by atoms with Crippen molar-refractivity contribution in [1.29, 1.82) is 0 Å². The van der Waals surface area contributed by atoms with Crippen molar-refractivity contribution in [1.82, 2.24) is 19.7 Å². The maximum absolute atomic E-state index is 10.2. The summed E-state index contributed by atoms with van der Waals surface area (Å²) in [6.45, 7) is 2.44. The highest BCUT2D eigenvalue weighted by Crippen LogP contribution is 2.34. The molecule has 1 atom stereocenters. The molecule has 0 spiro atoms. The summed E-state index contributed by atoms with van der Waals surface area (Å²) in [6.07, 6.45) is 5.09. The van der Waals surface area contributed by atoms with Gasteiger partial charge in [0.05, 0.1) is 25.5 Å². The van der Waals surface area contributed by atoms with Gasteiger partial charge in [-0.05, 0) is 43.5 Å². The third-order valence-electron chi connectivity index (χ3n) is 5.33. The number of aliphatic hydroxyl groups is 1. The summed E-state index contributed by atoms with van der Waals surface area (Å²) in [6, 6.07) is 8.04. The lowest BCUT2D eigenvalue weighted by Gasteiger charge is -2.09. The molecule has 2 N–H and O–H groups in total. The molecule has 4 rings (SSSR count). The van der Waals surface area contributed by atoms with E-state index in [2.05, 4.69) is 11.1 Å². The van der Waals surface area contributed by atoms with E-state index < -0.39 is 6.10 Å². The van der Waals surface area contributed by atoms with Gasteiger partial charge >= 0.3 is 0 Å². The van der Waals surface area contributed by atoms with E-state index >= 15 is 0 Å². The van der Waals surface area contributed by atoms with E-state index in [0.717, 1.165) is 46.8 Å². The second-order valence-electron chi connectivity index (χ2n) is 7.16. The highest BCUT2D eigenvalue weighted by molar-refractivity contribution is 5.86. The van der Waals surface area contributed by atoms with Crippen molar-refractivity contribution >= 4 is 10.9 Å². The lowest BCUT2D eigenvalue weighted by molar-refractivity contribution is 0.145. The molecular formula is C20H26N4O2. The summed E-state index contributed by atoms with van der Waals surface area (Å²) in [7, 11) is 1.67. The molecule has 0 saturated heterocycles. The van der Waals surface area contributed by atoms with Gasteiger partial charge in [0, 0.05) is 16.8 Å². The number of fused-ring (bicyclic) bond motifs is 1. The minimum absolute atomic E-state index is 0.420. The van der Waals surface area contributed by atoms with Crippen molar-refractivity contribution in [3.05, 3.63) is 30.1 Å². The Morgan fingerprint density at radius 3 is 2.85 bits per heavy atom. The quantitative estimate of drug-likeness (QED) is 0.705. The highest BCUT2D eigenvalue weighted by atomic mass is 16.5. The first-order valence-corrected chi connectivity index (χ1v) is 9.48. The number of aromatic nitrogens is 4.